The number of nitrogens with zero attached hydrogens (tertiary/aromatic N) is 2. The third kappa shape index (κ3) is 5.84. The molecule has 2 heterocycles. The Balaban J connectivity index is 0.000000173. The standard InChI is InChI=1S/2C11H9N.Sn/c2*1-2-6-10(7-3-1)11-8-4-5-9-12-11;/h2*1-9H;/q;;+3. The number of aromatic nitrogens is 2. The van der Waals surface area contributed by atoms with E-state index >= 15 is 0 Å². The van der Waals surface area contributed by atoms with Crippen molar-refractivity contribution in [1.29, 1.82) is 0 Å². The number of hydrogen-bond donors (Lipinski definition) is 0. The largest absolute Gasteiger partial charge is 3.00 e. The molecule has 0 saturated heterocycles. The molecule has 0 aliphatic carbocycles. The summed E-state index contributed by atoms with van der Waals surface area (Å²) in [6.45, 7) is 0. The molecule has 0 fully saturated rings. The Morgan fingerprint density at radius 3 is 1.08 bits per heavy atom. The van der Waals surface area contributed by atoms with Gasteiger partial charge >= 0.3 is 23.9 Å². The molecular weight excluding hydrogens is 411 g/mol. The average Bonchev–Trinajstić information content (AvgIpc) is 2.71. The summed E-state index contributed by atoms with van der Waals surface area (Å²) in [6, 6.07) is 32.2. The molecule has 2 nitrogen and oxygen atoms in total. The van der Waals surface area contributed by atoms with E-state index in [4.69, 9.17) is 0 Å². The Hall–Kier alpha value is -2.46. The predicted octanol–water partition coefficient (Wildman–Crippen LogP) is 5.12. The van der Waals surface area contributed by atoms with Crippen LogP contribution >= 0.6 is 0 Å². The zero-order valence-electron chi connectivity index (χ0n) is 13.8. The average molecular weight is 429 g/mol. The van der Waals surface area contributed by atoms with Gasteiger partial charge in [0.15, 0.2) is 0 Å². The quantitative estimate of drug-likeness (QED) is 0.414. The molecule has 0 N–H and O–H groups in total. The first kappa shape index (κ1) is 18.9. The normalized spacial score (nSPS) is 9.28. The van der Waals surface area contributed by atoms with Crippen LogP contribution in [0.2, 0.25) is 0 Å². The van der Waals surface area contributed by atoms with E-state index in [0.29, 0.717) is 0 Å². The Labute approximate surface area is 165 Å². The van der Waals surface area contributed by atoms with Crippen molar-refractivity contribution < 1.29 is 0 Å². The van der Waals surface area contributed by atoms with Gasteiger partial charge in [-0.2, -0.15) is 0 Å². The molecule has 117 valence electrons. The minimum absolute atomic E-state index is 0. The van der Waals surface area contributed by atoms with Gasteiger partial charge < -0.3 is 0 Å². The summed E-state index contributed by atoms with van der Waals surface area (Å²) in [6.07, 6.45) is 3.62. The minimum atomic E-state index is 0. The van der Waals surface area contributed by atoms with Crippen molar-refractivity contribution in [2.24, 2.45) is 0 Å². The van der Waals surface area contributed by atoms with Crippen LogP contribution in [0.3, 0.4) is 0 Å². The van der Waals surface area contributed by atoms with Gasteiger partial charge in [-0.05, 0) is 24.3 Å². The van der Waals surface area contributed by atoms with Crippen LogP contribution in [-0.2, 0) is 0 Å². The first-order valence-electron chi connectivity index (χ1n) is 7.86. The summed E-state index contributed by atoms with van der Waals surface area (Å²) in [7, 11) is 0. The molecule has 1 radical (unpaired) electrons. The SMILES string of the molecule is [Sn+3].c1ccc(-c2ccccn2)cc1.c1ccc(-c2ccccn2)cc1. The first-order chi connectivity index (χ1) is 11.9. The van der Waals surface area contributed by atoms with Gasteiger partial charge in [-0.25, -0.2) is 0 Å². The van der Waals surface area contributed by atoms with Crippen molar-refractivity contribution in [3.63, 3.8) is 0 Å². The van der Waals surface area contributed by atoms with E-state index in [2.05, 4.69) is 34.2 Å². The van der Waals surface area contributed by atoms with Crippen LogP contribution in [0, 0.1) is 0 Å². The molecule has 0 aliphatic rings. The molecule has 0 amide bonds. The smallest absolute Gasteiger partial charge is 0.256 e. The summed E-state index contributed by atoms with van der Waals surface area (Å²) in [4.78, 5) is 8.50. The number of benzene rings is 2. The second-order valence-corrected chi connectivity index (χ2v) is 5.16. The zero-order chi connectivity index (χ0) is 16.5. The van der Waals surface area contributed by atoms with E-state index in [1.54, 1.807) is 0 Å². The Kier molecular flexibility index (Phi) is 7.86. The predicted molar refractivity (Wildman–Crippen MR) is 105 cm³/mol. The summed E-state index contributed by atoms with van der Waals surface area (Å²) in [5.41, 5.74) is 4.38. The fourth-order valence-corrected chi connectivity index (χ4v) is 2.28. The summed E-state index contributed by atoms with van der Waals surface area (Å²) in [5.74, 6) is 0. The zero-order valence-corrected chi connectivity index (χ0v) is 16.6. The second-order valence-electron chi connectivity index (χ2n) is 5.16. The van der Waals surface area contributed by atoms with Gasteiger partial charge in [0.25, 0.3) is 0 Å². The second kappa shape index (κ2) is 10.4. The fourth-order valence-electron chi connectivity index (χ4n) is 2.28. The van der Waals surface area contributed by atoms with E-state index in [0.717, 1.165) is 22.5 Å². The van der Waals surface area contributed by atoms with Crippen LogP contribution in [0.15, 0.2) is 109 Å². The maximum absolute atomic E-state index is 4.25. The molecule has 2 aromatic heterocycles. The van der Waals surface area contributed by atoms with Gasteiger partial charge in [-0.3, -0.25) is 9.97 Å². The maximum Gasteiger partial charge on any atom is 3.00 e. The summed E-state index contributed by atoms with van der Waals surface area (Å²) >= 11 is 0. The van der Waals surface area contributed by atoms with Gasteiger partial charge in [0.1, 0.15) is 0 Å². The van der Waals surface area contributed by atoms with Crippen LogP contribution in [0.25, 0.3) is 22.5 Å². The minimum Gasteiger partial charge on any atom is -0.256 e. The number of pyridine rings is 2. The van der Waals surface area contributed by atoms with E-state index < -0.39 is 0 Å². The van der Waals surface area contributed by atoms with E-state index in [-0.39, 0.29) is 23.9 Å². The molecule has 25 heavy (non-hydrogen) atoms. The van der Waals surface area contributed by atoms with Crippen molar-refractivity contribution in [3.8, 4) is 22.5 Å². The van der Waals surface area contributed by atoms with E-state index in [9.17, 15) is 0 Å². The molecule has 4 rings (SSSR count). The first-order valence-corrected chi connectivity index (χ1v) is 7.86. The molecule has 3 heteroatoms. The molecule has 2 aromatic carbocycles. The molecule has 0 saturated carbocycles. The number of rotatable bonds is 2. The third-order valence-electron chi connectivity index (χ3n) is 3.47. The van der Waals surface area contributed by atoms with Gasteiger partial charge in [0.05, 0.1) is 11.4 Å². The Morgan fingerprint density at radius 1 is 0.400 bits per heavy atom. The third-order valence-corrected chi connectivity index (χ3v) is 3.47. The van der Waals surface area contributed by atoms with Crippen LogP contribution in [-0.4, -0.2) is 33.9 Å². The monoisotopic (exact) mass is 430 g/mol. The van der Waals surface area contributed by atoms with E-state index in [1.165, 1.54) is 0 Å². The van der Waals surface area contributed by atoms with Gasteiger partial charge in [0.2, 0.25) is 0 Å². The summed E-state index contributed by atoms with van der Waals surface area (Å²) in [5, 5.41) is 0. The molecule has 0 bridgehead atoms. The van der Waals surface area contributed by atoms with Gasteiger partial charge in [-0.15, -0.1) is 0 Å². The maximum atomic E-state index is 4.25. The van der Waals surface area contributed by atoms with Crippen molar-refractivity contribution in [2.45, 2.75) is 0 Å². The summed E-state index contributed by atoms with van der Waals surface area (Å²) < 4.78 is 0. The van der Waals surface area contributed by atoms with Crippen molar-refractivity contribution >= 4 is 23.9 Å². The fraction of sp³-hybridized carbons (Fsp3) is 0. The van der Waals surface area contributed by atoms with E-state index in [1.807, 2.05) is 85.2 Å². The number of hydrogen-bond acceptors (Lipinski definition) is 2. The van der Waals surface area contributed by atoms with Crippen LogP contribution < -0.4 is 0 Å². The topological polar surface area (TPSA) is 25.8 Å². The van der Waals surface area contributed by atoms with Crippen LogP contribution in [0.5, 0.6) is 0 Å². The van der Waals surface area contributed by atoms with Crippen molar-refractivity contribution in [1.82, 2.24) is 9.97 Å². The Morgan fingerprint density at radius 2 is 0.760 bits per heavy atom. The van der Waals surface area contributed by atoms with Crippen molar-refractivity contribution in [3.05, 3.63) is 109 Å². The molecule has 0 aliphatic heterocycles. The van der Waals surface area contributed by atoms with Crippen molar-refractivity contribution in [2.75, 3.05) is 0 Å². The molecule has 4 aromatic rings. The van der Waals surface area contributed by atoms with Gasteiger partial charge in [0, 0.05) is 23.5 Å². The Bertz CT molecular complexity index is 686. The molecule has 0 spiro atoms. The molecule has 0 unspecified atom stereocenters. The van der Waals surface area contributed by atoms with Crippen LogP contribution in [0.4, 0.5) is 0 Å². The van der Waals surface area contributed by atoms with Gasteiger partial charge in [-0.1, -0.05) is 72.8 Å². The van der Waals surface area contributed by atoms with Crippen LogP contribution in [0.1, 0.15) is 0 Å². The molecule has 0 atom stereocenters. The molecular formula is C22H18N2Sn+3.